The Kier molecular flexibility index (Phi) is 4.67. The summed E-state index contributed by atoms with van der Waals surface area (Å²) in [5.74, 6) is 0.828. The van der Waals surface area contributed by atoms with Crippen LogP contribution in [0.4, 0.5) is 11.8 Å². The van der Waals surface area contributed by atoms with Crippen LogP contribution in [-0.4, -0.2) is 37.3 Å². The fraction of sp³-hybridized carbons (Fsp3) is 0.150. The molecule has 140 valence electrons. The Hall–Kier alpha value is -3.81. The summed E-state index contributed by atoms with van der Waals surface area (Å²) in [6, 6.07) is 11.5. The molecule has 3 heterocycles. The predicted molar refractivity (Wildman–Crippen MR) is 105 cm³/mol. The number of ether oxygens (including phenoxy) is 1. The molecule has 8 nitrogen and oxygen atoms in total. The van der Waals surface area contributed by atoms with Gasteiger partial charge in [-0.2, -0.15) is 9.78 Å². The summed E-state index contributed by atoms with van der Waals surface area (Å²) in [7, 11) is 0. The van der Waals surface area contributed by atoms with E-state index in [0.717, 1.165) is 16.5 Å². The van der Waals surface area contributed by atoms with E-state index in [4.69, 9.17) is 9.72 Å². The number of carbonyl (C=O) groups is 1. The van der Waals surface area contributed by atoms with E-state index < -0.39 is 5.97 Å². The second-order valence-electron chi connectivity index (χ2n) is 6.05. The number of para-hydroxylation sites is 1. The van der Waals surface area contributed by atoms with Crippen LogP contribution in [0, 0.1) is 6.92 Å². The van der Waals surface area contributed by atoms with Crippen LogP contribution in [0.3, 0.4) is 0 Å². The lowest BCUT2D eigenvalue weighted by Gasteiger charge is -2.12. The third-order valence-electron chi connectivity index (χ3n) is 4.19. The molecule has 0 radical (unpaired) electrons. The number of rotatable bonds is 5. The summed E-state index contributed by atoms with van der Waals surface area (Å²) in [5.41, 5.74) is 2.17. The van der Waals surface area contributed by atoms with Crippen molar-refractivity contribution in [3.05, 3.63) is 66.1 Å². The fourth-order valence-electron chi connectivity index (χ4n) is 2.91. The molecule has 0 aliphatic heterocycles. The van der Waals surface area contributed by atoms with Crippen LogP contribution in [-0.2, 0) is 4.74 Å². The first kappa shape index (κ1) is 17.6. The highest BCUT2D eigenvalue weighted by molar-refractivity contribution is 5.95. The predicted octanol–water partition coefficient (Wildman–Crippen LogP) is 3.44. The Morgan fingerprint density at radius 3 is 2.75 bits per heavy atom. The van der Waals surface area contributed by atoms with Gasteiger partial charge in [0.2, 0.25) is 5.95 Å². The molecule has 8 heteroatoms. The van der Waals surface area contributed by atoms with E-state index in [1.165, 1.54) is 6.20 Å². The molecule has 28 heavy (non-hydrogen) atoms. The number of nitrogens with zero attached hydrogens (tertiary/aromatic N) is 5. The van der Waals surface area contributed by atoms with Crippen molar-refractivity contribution < 1.29 is 9.53 Å². The Morgan fingerprint density at radius 2 is 1.96 bits per heavy atom. The lowest BCUT2D eigenvalue weighted by atomic mass is 10.1. The summed E-state index contributed by atoms with van der Waals surface area (Å²) >= 11 is 0. The molecule has 4 rings (SSSR count). The third-order valence-corrected chi connectivity index (χ3v) is 4.19. The number of carbonyl (C=O) groups excluding carboxylic acids is 1. The van der Waals surface area contributed by atoms with Gasteiger partial charge in [0.1, 0.15) is 5.56 Å². The standard InChI is InChI=1S/C20H18N6O2/c1-3-28-19(27)15-12-23-26(18(15)25-20-21-9-6-10-22-20)17-11-13(2)14-7-4-5-8-16(14)24-17/h4-12H,3H2,1-2H3,(H,21,22,25). The van der Waals surface area contributed by atoms with Gasteiger partial charge >= 0.3 is 5.97 Å². The fourth-order valence-corrected chi connectivity index (χ4v) is 2.91. The number of hydrogen-bond donors (Lipinski definition) is 1. The van der Waals surface area contributed by atoms with Gasteiger partial charge in [-0.1, -0.05) is 18.2 Å². The van der Waals surface area contributed by atoms with Gasteiger partial charge in [-0.3, -0.25) is 0 Å². The van der Waals surface area contributed by atoms with E-state index in [2.05, 4.69) is 20.4 Å². The quantitative estimate of drug-likeness (QED) is 0.535. The number of hydrogen-bond acceptors (Lipinski definition) is 7. The third kappa shape index (κ3) is 3.27. The van der Waals surface area contributed by atoms with Gasteiger partial charge in [0.25, 0.3) is 0 Å². The van der Waals surface area contributed by atoms with Crippen molar-refractivity contribution in [3.8, 4) is 5.82 Å². The van der Waals surface area contributed by atoms with E-state index >= 15 is 0 Å². The summed E-state index contributed by atoms with van der Waals surface area (Å²) in [4.78, 5) is 25.4. The van der Waals surface area contributed by atoms with Crippen LogP contribution in [0.2, 0.25) is 0 Å². The van der Waals surface area contributed by atoms with Crippen molar-refractivity contribution in [2.75, 3.05) is 11.9 Å². The molecule has 0 atom stereocenters. The molecule has 0 aliphatic carbocycles. The van der Waals surface area contributed by atoms with Crippen molar-refractivity contribution >= 4 is 28.6 Å². The van der Waals surface area contributed by atoms with Crippen LogP contribution in [0.5, 0.6) is 0 Å². The van der Waals surface area contributed by atoms with Gasteiger partial charge in [0.15, 0.2) is 11.6 Å². The average molecular weight is 374 g/mol. The number of aryl methyl sites for hydroxylation is 1. The van der Waals surface area contributed by atoms with Crippen molar-refractivity contribution in [1.29, 1.82) is 0 Å². The molecule has 0 bridgehead atoms. The van der Waals surface area contributed by atoms with Crippen molar-refractivity contribution in [1.82, 2.24) is 24.7 Å². The average Bonchev–Trinajstić information content (AvgIpc) is 3.12. The first-order valence-electron chi connectivity index (χ1n) is 8.83. The minimum absolute atomic E-state index is 0.263. The highest BCUT2D eigenvalue weighted by atomic mass is 16.5. The molecule has 0 saturated carbocycles. The summed E-state index contributed by atoms with van der Waals surface area (Å²) in [6.07, 6.45) is 4.67. The van der Waals surface area contributed by atoms with Crippen LogP contribution in [0.1, 0.15) is 22.8 Å². The Balaban J connectivity index is 1.86. The monoisotopic (exact) mass is 374 g/mol. The number of fused-ring (bicyclic) bond motifs is 1. The van der Waals surface area contributed by atoms with E-state index in [9.17, 15) is 4.79 Å². The van der Waals surface area contributed by atoms with E-state index in [1.54, 1.807) is 30.1 Å². The lowest BCUT2D eigenvalue weighted by Crippen LogP contribution is -2.11. The number of nitrogens with one attached hydrogen (secondary N) is 1. The van der Waals surface area contributed by atoms with Gasteiger partial charge < -0.3 is 10.1 Å². The van der Waals surface area contributed by atoms with Gasteiger partial charge in [0.05, 0.1) is 18.3 Å². The minimum atomic E-state index is -0.482. The highest BCUT2D eigenvalue weighted by Gasteiger charge is 2.21. The Labute approximate surface area is 161 Å². The second kappa shape index (κ2) is 7.43. The maximum absolute atomic E-state index is 12.4. The second-order valence-corrected chi connectivity index (χ2v) is 6.05. The zero-order valence-electron chi connectivity index (χ0n) is 15.5. The topological polar surface area (TPSA) is 94.8 Å². The van der Waals surface area contributed by atoms with E-state index in [0.29, 0.717) is 17.6 Å². The molecule has 0 saturated heterocycles. The van der Waals surface area contributed by atoms with Crippen LogP contribution < -0.4 is 5.32 Å². The molecular weight excluding hydrogens is 356 g/mol. The van der Waals surface area contributed by atoms with Crippen molar-refractivity contribution in [2.24, 2.45) is 0 Å². The molecule has 0 aliphatic rings. The van der Waals surface area contributed by atoms with Gasteiger partial charge in [-0.05, 0) is 37.6 Å². The van der Waals surface area contributed by atoms with Crippen LogP contribution in [0.25, 0.3) is 16.7 Å². The SMILES string of the molecule is CCOC(=O)c1cnn(-c2cc(C)c3ccccc3n2)c1Nc1ncccn1. The minimum Gasteiger partial charge on any atom is -0.462 e. The molecule has 0 amide bonds. The highest BCUT2D eigenvalue weighted by Crippen LogP contribution is 2.25. The lowest BCUT2D eigenvalue weighted by molar-refractivity contribution is 0.0527. The maximum Gasteiger partial charge on any atom is 0.343 e. The number of benzene rings is 1. The molecule has 0 spiro atoms. The Morgan fingerprint density at radius 1 is 1.18 bits per heavy atom. The Bertz CT molecular complexity index is 1140. The van der Waals surface area contributed by atoms with Gasteiger partial charge in [-0.25, -0.2) is 19.7 Å². The van der Waals surface area contributed by atoms with Gasteiger partial charge in [0, 0.05) is 17.8 Å². The van der Waals surface area contributed by atoms with Gasteiger partial charge in [-0.15, -0.1) is 0 Å². The molecule has 4 aromatic rings. The molecule has 0 fully saturated rings. The summed E-state index contributed by atoms with van der Waals surface area (Å²) in [5, 5.41) is 8.49. The molecule has 3 aromatic heterocycles. The molecule has 0 unspecified atom stereocenters. The number of anilines is 2. The molecule has 1 N–H and O–H groups in total. The van der Waals surface area contributed by atoms with Crippen molar-refractivity contribution in [2.45, 2.75) is 13.8 Å². The normalized spacial score (nSPS) is 10.8. The number of aromatic nitrogens is 5. The smallest absolute Gasteiger partial charge is 0.343 e. The summed E-state index contributed by atoms with van der Waals surface area (Å²) in [6.45, 7) is 4.03. The van der Waals surface area contributed by atoms with E-state index in [1.807, 2.05) is 37.3 Å². The maximum atomic E-state index is 12.4. The van der Waals surface area contributed by atoms with Crippen LogP contribution >= 0.6 is 0 Å². The number of pyridine rings is 1. The summed E-state index contributed by atoms with van der Waals surface area (Å²) < 4.78 is 6.71. The largest absolute Gasteiger partial charge is 0.462 e. The van der Waals surface area contributed by atoms with Crippen LogP contribution in [0.15, 0.2) is 55.0 Å². The molecule has 1 aromatic carbocycles. The first-order chi connectivity index (χ1) is 13.7. The molecular formula is C20H18N6O2. The van der Waals surface area contributed by atoms with E-state index in [-0.39, 0.29) is 12.2 Å². The first-order valence-corrected chi connectivity index (χ1v) is 8.83. The van der Waals surface area contributed by atoms with Crippen molar-refractivity contribution in [3.63, 3.8) is 0 Å². The zero-order valence-corrected chi connectivity index (χ0v) is 15.5. The zero-order chi connectivity index (χ0) is 19.5. The number of esters is 1.